The van der Waals surface area contributed by atoms with Crippen LogP contribution in [0.5, 0.6) is 5.75 Å². The van der Waals surface area contributed by atoms with E-state index in [9.17, 15) is 8.42 Å². The van der Waals surface area contributed by atoms with Gasteiger partial charge in [-0.15, -0.1) is 0 Å². The molecule has 0 radical (unpaired) electrons. The number of piperidine rings is 1. The van der Waals surface area contributed by atoms with Crippen molar-refractivity contribution in [2.45, 2.75) is 51.9 Å². The minimum Gasteiger partial charge on any atom is -0.492 e. The first-order chi connectivity index (χ1) is 11.3. The minimum atomic E-state index is -3.61. The van der Waals surface area contributed by atoms with Gasteiger partial charge in [-0.1, -0.05) is 38.8 Å². The summed E-state index contributed by atoms with van der Waals surface area (Å²) in [6.45, 7) is 9.73. The highest BCUT2D eigenvalue weighted by Crippen LogP contribution is 2.34. The molecule has 2 atom stereocenters. The fourth-order valence-corrected chi connectivity index (χ4v) is 5.27. The van der Waals surface area contributed by atoms with Crippen LogP contribution >= 0.6 is 11.6 Å². The molecule has 1 saturated heterocycles. The maximum absolute atomic E-state index is 13.2. The molecule has 24 heavy (non-hydrogen) atoms. The molecule has 0 amide bonds. The van der Waals surface area contributed by atoms with Gasteiger partial charge in [0.25, 0.3) is 0 Å². The van der Waals surface area contributed by atoms with Crippen LogP contribution in [0.4, 0.5) is 0 Å². The first-order valence-electron chi connectivity index (χ1n) is 8.68. The highest BCUT2D eigenvalue weighted by molar-refractivity contribution is 7.89. The fraction of sp³-hybridized carbons (Fsp3) is 0.667. The Balaban J connectivity index is 2.38. The highest BCUT2D eigenvalue weighted by atomic mass is 35.5. The van der Waals surface area contributed by atoms with Crippen molar-refractivity contribution in [1.29, 1.82) is 0 Å². The van der Waals surface area contributed by atoms with Crippen LogP contribution < -0.4 is 4.74 Å². The Morgan fingerprint density at radius 1 is 1.25 bits per heavy atom. The molecule has 0 N–H and O–H groups in total. The number of hydrogen-bond donors (Lipinski definition) is 0. The van der Waals surface area contributed by atoms with Gasteiger partial charge in [-0.2, -0.15) is 4.31 Å². The number of aryl methyl sites for hydroxylation is 1. The van der Waals surface area contributed by atoms with Crippen molar-refractivity contribution in [2.75, 3.05) is 19.7 Å². The number of rotatable bonds is 6. The molecule has 1 aliphatic heterocycles. The summed E-state index contributed by atoms with van der Waals surface area (Å²) >= 11 is 6.21. The standard InChI is InChI=1S/C18H28ClNO3S/c1-5-6-7-23-17-9-15(4)16(19)10-18(17)24(21,22)20-11-13(2)8-14(3)12-20/h9-10,13-14H,5-8,11-12H2,1-4H3/t13-,14-/m0/s1. The zero-order valence-corrected chi connectivity index (χ0v) is 16.6. The molecule has 6 heteroatoms. The van der Waals surface area contributed by atoms with Gasteiger partial charge >= 0.3 is 0 Å². The normalized spacial score (nSPS) is 22.5. The van der Waals surface area contributed by atoms with Crippen LogP contribution in [0, 0.1) is 18.8 Å². The Morgan fingerprint density at radius 2 is 1.88 bits per heavy atom. The van der Waals surface area contributed by atoms with Gasteiger partial charge in [-0.25, -0.2) is 8.42 Å². The van der Waals surface area contributed by atoms with Gasteiger partial charge in [0.2, 0.25) is 10.0 Å². The van der Waals surface area contributed by atoms with Crippen LogP contribution in [0.2, 0.25) is 5.02 Å². The van der Waals surface area contributed by atoms with E-state index in [2.05, 4.69) is 20.8 Å². The molecular formula is C18H28ClNO3S. The van der Waals surface area contributed by atoms with Crippen molar-refractivity contribution >= 4 is 21.6 Å². The number of sulfonamides is 1. The Labute approximate surface area is 151 Å². The number of unbranched alkanes of at least 4 members (excludes halogenated alkanes) is 1. The third-order valence-corrected chi connectivity index (χ3v) is 6.69. The third-order valence-electron chi connectivity index (χ3n) is 4.43. The third kappa shape index (κ3) is 4.44. The molecule has 1 aliphatic rings. The first-order valence-corrected chi connectivity index (χ1v) is 10.5. The van der Waals surface area contributed by atoms with E-state index in [1.165, 1.54) is 6.07 Å². The predicted octanol–water partition coefficient (Wildman–Crippen LogP) is 4.49. The molecule has 136 valence electrons. The molecule has 0 bridgehead atoms. The monoisotopic (exact) mass is 373 g/mol. The highest BCUT2D eigenvalue weighted by Gasteiger charge is 2.34. The van der Waals surface area contributed by atoms with Crippen molar-refractivity contribution in [3.05, 3.63) is 22.7 Å². The van der Waals surface area contributed by atoms with Gasteiger partial charge in [0, 0.05) is 18.1 Å². The predicted molar refractivity (Wildman–Crippen MR) is 98.3 cm³/mol. The summed E-state index contributed by atoms with van der Waals surface area (Å²) in [5.74, 6) is 1.12. The Bertz CT molecular complexity index is 665. The van der Waals surface area contributed by atoms with Crippen molar-refractivity contribution in [1.82, 2.24) is 4.31 Å². The molecular weight excluding hydrogens is 346 g/mol. The zero-order valence-electron chi connectivity index (χ0n) is 15.0. The van der Waals surface area contributed by atoms with Crippen molar-refractivity contribution < 1.29 is 13.2 Å². The quantitative estimate of drug-likeness (QED) is 0.690. The van der Waals surface area contributed by atoms with E-state index in [1.54, 1.807) is 10.4 Å². The van der Waals surface area contributed by atoms with Gasteiger partial charge in [-0.3, -0.25) is 0 Å². The van der Waals surface area contributed by atoms with Crippen molar-refractivity contribution in [3.63, 3.8) is 0 Å². The summed E-state index contributed by atoms with van der Waals surface area (Å²) in [7, 11) is -3.61. The van der Waals surface area contributed by atoms with E-state index in [1.807, 2.05) is 6.92 Å². The second-order valence-electron chi connectivity index (χ2n) is 7.02. The van der Waals surface area contributed by atoms with E-state index in [-0.39, 0.29) is 4.90 Å². The Kier molecular flexibility index (Phi) is 6.57. The van der Waals surface area contributed by atoms with Crippen LogP contribution in [0.1, 0.15) is 45.6 Å². The SMILES string of the molecule is CCCCOc1cc(C)c(Cl)cc1S(=O)(=O)N1C[C@@H](C)C[C@H](C)C1. The van der Waals surface area contributed by atoms with Gasteiger partial charge in [0.15, 0.2) is 0 Å². The molecule has 1 aromatic rings. The van der Waals surface area contributed by atoms with Gasteiger partial charge in [0.1, 0.15) is 10.6 Å². The molecule has 1 aromatic carbocycles. The Hall–Kier alpha value is -0.780. The molecule has 0 aromatic heterocycles. The fourth-order valence-electron chi connectivity index (χ4n) is 3.22. The summed E-state index contributed by atoms with van der Waals surface area (Å²) in [6.07, 6.45) is 2.94. The molecule has 0 aliphatic carbocycles. The molecule has 0 unspecified atom stereocenters. The second-order valence-corrected chi connectivity index (χ2v) is 9.33. The lowest BCUT2D eigenvalue weighted by atomic mass is 9.94. The lowest BCUT2D eigenvalue weighted by Gasteiger charge is -2.34. The summed E-state index contributed by atoms with van der Waals surface area (Å²) in [4.78, 5) is 0.190. The average Bonchev–Trinajstić information content (AvgIpc) is 2.49. The number of ether oxygens (including phenoxy) is 1. The van der Waals surface area contributed by atoms with Gasteiger partial charge in [0.05, 0.1) is 6.61 Å². The smallest absolute Gasteiger partial charge is 0.246 e. The topological polar surface area (TPSA) is 46.6 Å². The van der Waals surface area contributed by atoms with Crippen LogP contribution in [0.15, 0.2) is 17.0 Å². The maximum Gasteiger partial charge on any atom is 0.246 e. The van der Waals surface area contributed by atoms with Crippen LogP contribution in [-0.4, -0.2) is 32.4 Å². The number of nitrogens with zero attached hydrogens (tertiary/aromatic N) is 1. The minimum absolute atomic E-state index is 0.190. The lowest BCUT2D eigenvalue weighted by Crippen LogP contribution is -2.42. The Morgan fingerprint density at radius 3 is 2.46 bits per heavy atom. The summed E-state index contributed by atoms with van der Waals surface area (Å²) in [5, 5.41) is 0.453. The zero-order chi connectivity index (χ0) is 17.9. The van der Waals surface area contributed by atoms with E-state index in [0.717, 1.165) is 24.8 Å². The van der Waals surface area contributed by atoms with Crippen LogP contribution in [-0.2, 0) is 10.0 Å². The van der Waals surface area contributed by atoms with Crippen molar-refractivity contribution in [2.24, 2.45) is 11.8 Å². The second kappa shape index (κ2) is 8.07. The molecule has 4 nitrogen and oxygen atoms in total. The van der Waals surface area contributed by atoms with E-state index in [0.29, 0.717) is 42.3 Å². The lowest BCUT2D eigenvalue weighted by molar-refractivity contribution is 0.221. The van der Waals surface area contributed by atoms with E-state index in [4.69, 9.17) is 16.3 Å². The first kappa shape index (κ1) is 19.5. The van der Waals surface area contributed by atoms with Crippen LogP contribution in [0.3, 0.4) is 0 Å². The van der Waals surface area contributed by atoms with E-state index >= 15 is 0 Å². The maximum atomic E-state index is 13.2. The van der Waals surface area contributed by atoms with Gasteiger partial charge in [-0.05, 0) is 49.3 Å². The number of benzene rings is 1. The average molecular weight is 374 g/mol. The van der Waals surface area contributed by atoms with Crippen molar-refractivity contribution in [3.8, 4) is 5.75 Å². The number of hydrogen-bond acceptors (Lipinski definition) is 3. The summed E-state index contributed by atoms with van der Waals surface area (Å²) < 4.78 is 33.7. The number of halogens is 1. The molecule has 2 rings (SSSR count). The molecule has 1 heterocycles. The summed E-state index contributed by atoms with van der Waals surface area (Å²) in [6, 6.07) is 3.28. The van der Waals surface area contributed by atoms with Gasteiger partial charge < -0.3 is 4.74 Å². The van der Waals surface area contributed by atoms with Crippen LogP contribution in [0.25, 0.3) is 0 Å². The van der Waals surface area contributed by atoms with E-state index < -0.39 is 10.0 Å². The molecule has 0 spiro atoms. The largest absolute Gasteiger partial charge is 0.492 e. The molecule has 1 fully saturated rings. The summed E-state index contributed by atoms with van der Waals surface area (Å²) in [5.41, 5.74) is 0.822. The molecule has 0 saturated carbocycles.